The lowest BCUT2D eigenvalue weighted by Crippen LogP contribution is -2.38. The molecule has 0 spiro atoms. The molecule has 0 bridgehead atoms. The van der Waals surface area contributed by atoms with E-state index in [0.29, 0.717) is 0 Å². The molecule has 0 aromatic rings. The molecule has 0 aliphatic carbocycles. The average Bonchev–Trinajstić information content (AvgIpc) is 2.16. The van der Waals surface area contributed by atoms with Crippen LogP contribution in [0.2, 0.25) is 0 Å². The summed E-state index contributed by atoms with van der Waals surface area (Å²) >= 11 is 0. The predicted molar refractivity (Wildman–Crippen MR) is 53.3 cm³/mol. The molecule has 0 aliphatic rings. The van der Waals surface area contributed by atoms with Gasteiger partial charge in [0.05, 0.1) is 0 Å². The first-order valence-corrected chi connectivity index (χ1v) is 4.25. The van der Waals surface area contributed by atoms with Crippen molar-refractivity contribution in [1.82, 2.24) is 4.90 Å². The van der Waals surface area contributed by atoms with E-state index in [1.807, 2.05) is 13.8 Å². The molecule has 0 N–H and O–H groups in total. The number of carbonyl (C=O) groups is 2. The molecule has 0 aliphatic heterocycles. The second-order valence-corrected chi connectivity index (χ2v) is 2.90. The Morgan fingerprint density at radius 1 is 1.36 bits per heavy atom. The molecule has 0 aromatic heterocycles. The van der Waals surface area contributed by atoms with E-state index in [-0.39, 0.29) is 18.7 Å². The maximum absolute atomic E-state index is 11.2. The van der Waals surface area contributed by atoms with Crippen molar-refractivity contribution < 1.29 is 14.3 Å². The second kappa shape index (κ2) is 5.96. The molecular weight excluding hydrogens is 182 g/mol. The predicted octanol–water partition coefficient (Wildman–Crippen LogP) is 1.10. The standard InChI is InChI=1S/C10H15NO3/c1-5-9(12)11(8(3)4)7-14-10(13)6-2/h5-6,8H,1-2,7H2,3-4H3. The van der Waals surface area contributed by atoms with Gasteiger partial charge in [-0.3, -0.25) is 4.79 Å². The van der Waals surface area contributed by atoms with Crippen LogP contribution in [-0.4, -0.2) is 29.5 Å². The molecule has 78 valence electrons. The molecule has 0 saturated carbocycles. The SMILES string of the molecule is C=CC(=O)OCN(C(=O)C=C)C(C)C. The van der Waals surface area contributed by atoms with Gasteiger partial charge in [0.1, 0.15) is 0 Å². The van der Waals surface area contributed by atoms with Crippen molar-refractivity contribution in [2.75, 3.05) is 6.73 Å². The topological polar surface area (TPSA) is 46.6 Å². The van der Waals surface area contributed by atoms with Crippen LogP contribution in [0.25, 0.3) is 0 Å². The van der Waals surface area contributed by atoms with Gasteiger partial charge in [-0.15, -0.1) is 0 Å². The fourth-order valence-electron chi connectivity index (χ4n) is 0.777. The average molecular weight is 197 g/mol. The van der Waals surface area contributed by atoms with Gasteiger partial charge in [0.15, 0.2) is 6.73 Å². The zero-order valence-electron chi connectivity index (χ0n) is 8.53. The number of esters is 1. The Balaban J connectivity index is 4.24. The second-order valence-electron chi connectivity index (χ2n) is 2.90. The maximum atomic E-state index is 11.2. The Morgan fingerprint density at radius 3 is 2.29 bits per heavy atom. The Labute approximate surface area is 83.8 Å². The molecule has 0 rings (SSSR count). The Hall–Kier alpha value is -1.58. The number of carbonyl (C=O) groups excluding carboxylic acids is 2. The fourth-order valence-corrected chi connectivity index (χ4v) is 0.777. The number of hydrogen-bond acceptors (Lipinski definition) is 3. The van der Waals surface area contributed by atoms with Crippen molar-refractivity contribution in [3.63, 3.8) is 0 Å². The van der Waals surface area contributed by atoms with Crippen LogP contribution in [-0.2, 0) is 14.3 Å². The first-order chi connectivity index (χ1) is 6.52. The Kier molecular flexibility index (Phi) is 5.29. The van der Waals surface area contributed by atoms with E-state index < -0.39 is 5.97 Å². The number of ether oxygens (including phenoxy) is 1. The first-order valence-electron chi connectivity index (χ1n) is 4.25. The summed E-state index contributed by atoms with van der Waals surface area (Å²) in [6.45, 7) is 10.2. The third kappa shape index (κ3) is 3.89. The lowest BCUT2D eigenvalue weighted by molar-refractivity contribution is -0.148. The minimum Gasteiger partial charge on any atom is -0.441 e. The van der Waals surface area contributed by atoms with Crippen LogP contribution < -0.4 is 0 Å². The van der Waals surface area contributed by atoms with Gasteiger partial charge in [-0.05, 0) is 19.9 Å². The molecule has 4 heteroatoms. The van der Waals surface area contributed by atoms with E-state index >= 15 is 0 Å². The minimum absolute atomic E-state index is 0.0434. The highest BCUT2D eigenvalue weighted by Crippen LogP contribution is 2.00. The summed E-state index contributed by atoms with van der Waals surface area (Å²) in [4.78, 5) is 23.4. The summed E-state index contributed by atoms with van der Waals surface area (Å²) in [7, 11) is 0. The van der Waals surface area contributed by atoms with Crippen LogP contribution in [0.15, 0.2) is 25.3 Å². The third-order valence-corrected chi connectivity index (χ3v) is 1.59. The third-order valence-electron chi connectivity index (χ3n) is 1.59. The van der Waals surface area contributed by atoms with Crippen LogP contribution in [0.5, 0.6) is 0 Å². The van der Waals surface area contributed by atoms with E-state index in [2.05, 4.69) is 13.2 Å². The summed E-state index contributed by atoms with van der Waals surface area (Å²) in [6.07, 6.45) is 2.23. The fraction of sp³-hybridized carbons (Fsp3) is 0.400. The van der Waals surface area contributed by atoms with E-state index in [4.69, 9.17) is 4.74 Å². The summed E-state index contributed by atoms with van der Waals surface area (Å²) < 4.78 is 4.74. The highest BCUT2D eigenvalue weighted by atomic mass is 16.5. The van der Waals surface area contributed by atoms with E-state index in [1.54, 1.807) is 0 Å². The number of nitrogens with zero attached hydrogens (tertiary/aromatic N) is 1. The molecule has 14 heavy (non-hydrogen) atoms. The van der Waals surface area contributed by atoms with Gasteiger partial charge in [0, 0.05) is 12.1 Å². The monoisotopic (exact) mass is 197 g/mol. The smallest absolute Gasteiger partial charge is 0.331 e. The summed E-state index contributed by atoms with van der Waals surface area (Å²) in [5.41, 5.74) is 0. The van der Waals surface area contributed by atoms with E-state index in [0.717, 1.165) is 6.08 Å². The summed E-state index contributed by atoms with van der Waals surface area (Å²) in [5.74, 6) is -0.815. The van der Waals surface area contributed by atoms with E-state index in [9.17, 15) is 9.59 Å². The van der Waals surface area contributed by atoms with Gasteiger partial charge in [-0.1, -0.05) is 13.2 Å². The molecule has 0 heterocycles. The van der Waals surface area contributed by atoms with Crippen molar-refractivity contribution in [2.45, 2.75) is 19.9 Å². The highest BCUT2D eigenvalue weighted by Gasteiger charge is 2.14. The van der Waals surface area contributed by atoms with Gasteiger partial charge < -0.3 is 9.64 Å². The Bertz CT molecular complexity index is 246. The molecular formula is C10H15NO3. The largest absolute Gasteiger partial charge is 0.441 e. The molecule has 1 amide bonds. The van der Waals surface area contributed by atoms with Crippen LogP contribution in [0.4, 0.5) is 0 Å². The quantitative estimate of drug-likeness (QED) is 0.376. The minimum atomic E-state index is -0.549. The molecule has 0 saturated heterocycles. The number of hydrogen-bond donors (Lipinski definition) is 0. The zero-order chi connectivity index (χ0) is 11.1. The molecule has 0 unspecified atom stereocenters. The first kappa shape index (κ1) is 12.4. The lowest BCUT2D eigenvalue weighted by Gasteiger charge is -2.24. The Morgan fingerprint density at radius 2 is 1.93 bits per heavy atom. The van der Waals surface area contributed by atoms with Gasteiger partial charge >= 0.3 is 5.97 Å². The van der Waals surface area contributed by atoms with Crippen molar-refractivity contribution in [3.8, 4) is 0 Å². The lowest BCUT2D eigenvalue weighted by atomic mass is 10.3. The van der Waals surface area contributed by atoms with Crippen LogP contribution >= 0.6 is 0 Å². The normalized spacial score (nSPS) is 9.36. The van der Waals surface area contributed by atoms with Crippen molar-refractivity contribution in [3.05, 3.63) is 25.3 Å². The van der Waals surface area contributed by atoms with Gasteiger partial charge in [0.2, 0.25) is 5.91 Å². The van der Waals surface area contributed by atoms with Crippen LogP contribution in [0.3, 0.4) is 0 Å². The van der Waals surface area contributed by atoms with Gasteiger partial charge in [-0.25, -0.2) is 4.79 Å². The van der Waals surface area contributed by atoms with Gasteiger partial charge in [-0.2, -0.15) is 0 Å². The van der Waals surface area contributed by atoms with Crippen LogP contribution in [0, 0.1) is 0 Å². The summed E-state index contributed by atoms with van der Waals surface area (Å²) in [6, 6.07) is -0.0434. The number of amides is 1. The van der Waals surface area contributed by atoms with Gasteiger partial charge in [0.25, 0.3) is 0 Å². The molecule has 0 fully saturated rings. The van der Waals surface area contributed by atoms with E-state index in [1.165, 1.54) is 11.0 Å². The highest BCUT2D eigenvalue weighted by molar-refractivity contribution is 5.87. The molecule has 0 atom stereocenters. The zero-order valence-corrected chi connectivity index (χ0v) is 8.53. The van der Waals surface area contributed by atoms with Crippen molar-refractivity contribution >= 4 is 11.9 Å². The molecule has 0 radical (unpaired) electrons. The summed E-state index contributed by atoms with van der Waals surface area (Å²) in [5, 5.41) is 0. The molecule has 4 nitrogen and oxygen atoms in total. The van der Waals surface area contributed by atoms with Crippen molar-refractivity contribution in [2.24, 2.45) is 0 Å². The molecule has 0 aromatic carbocycles. The van der Waals surface area contributed by atoms with Crippen molar-refractivity contribution in [1.29, 1.82) is 0 Å². The number of rotatable bonds is 5. The maximum Gasteiger partial charge on any atom is 0.331 e. The van der Waals surface area contributed by atoms with Crippen LogP contribution in [0.1, 0.15) is 13.8 Å².